The highest BCUT2D eigenvalue weighted by molar-refractivity contribution is 7.98. The Morgan fingerprint density at radius 2 is 2.11 bits per heavy atom. The lowest BCUT2D eigenvalue weighted by molar-refractivity contribution is 0.0531. The lowest BCUT2D eigenvalue weighted by atomic mass is 10.2. The molecule has 0 radical (unpaired) electrons. The molecule has 0 bridgehead atoms. The Labute approximate surface area is 169 Å². The van der Waals surface area contributed by atoms with Crippen molar-refractivity contribution < 1.29 is 18.7 Å². The summed E-state index contributed by atoms with van der Waals surface area (Å²) < 4.78 is 15.8. The molecular weight excluding hydrogens is 400 g/mol. The second-order valence-corrected chi connectivity index (χ2v) is 7.35. The maximum absolute atomic E-state index is 12.2. The minimum absolute atomic E-state index is 0.236. The number of nitriles is 1. The van der Waals surface area contributed by atoms with Crippen LogP contribution in [0.25, 0.3) is 11.5 Å². The van der Waals surface area contributed by atoms with Crippen molar-refractivity contribution in [3.05, 3.63) is 40.3 Å². The third-order valence-corrected chi connectivity index (χ3v) is 5.58. The summed E-state index contributed by atoms with van der Waals surface area (Å²) in [5, 5.41) is 18.0. The van der Waals surface area contributed by atoms with Crippen LogP contribution >= 0.6 is 23.1 Å². The van der Waals surface area contributed by atoms with Gasteiger partial charge in [-0.2, -0.15) is 5.26 Å². The Morgan fingerprint density at radius 1 is 1.36 bits per heavy atom. The third-order valence-electron chi connectivity index (χ3n) is 3.69. The molecule has 8 nitrogen and oxygen atoms in total. The first-order valence-corrected chi connectivity index (χ1v) is 9.96. The summed E-state index contributed by atoms with van der Waals surface area (Å²) in [5.41, 5.74) is 7.42. The Morgan fingerprint density at radius 3 is 2.75 bits per heavy atom. The van der Waals surface area contributed by atoms with Crippen LogP contribution in [0.2, 0.25) is 0 Å². The van der Waals surface area contributed by atoms with Gasteiger partial charge in [-0.1, -0.05) is 11.8 Å². The van der Waals surface area contributed by atoms with Gasteiger partial charge in [-0.15, -0.1) is 21.5 Å². The number of ether oxygens (including phenoxy) is 2. The van der Waals surface area contributed by atoms with E-state index >= 15 is 0 Å². The zero-order valence-electron chi connectivity index (χ0n) is 15.1. The first-order valence-electron chi connectivity index (χ1n) is 8.16. The monoisotopic (exact) mass is 416 g/mol. The zero-order chi connectivity index (χ0) is 20.1. The first kappa shape index (κ1) is 19.7. The van der Waals surface area contributed by atoms with E-state index in [0.29, 0.717) is 21.6 Å². The number of thiophene rings is 1. The van der Waals surface area contributed by atoms with Gasteiger partial charge in [-0.3, -0.25) is 0 Å². The molecule has 0 fully saturated rings. The summed E-state index contributed by atoms with van der Waals surface area (Å²) in [6.45, 7) is 1.95. The van der Waals surface area contributed by atoms with Gasteiger partial charge in [-0.25, -0.2) is 4.79 Å². The van der Waals surface area contributed by atoms with Gasteiger partial charge < -0.3 is 19.6 Å². The average molecular weight is 416 g/mol. The molecule has 28 heavy (non-hydrogen) atoms. The van der Waals surface area contributed by atoms with Gasteiger partial charge in [0.25, 0.3) is 5.22 Å². The van der Waals surface area contributed by atoms with Gasteiger partial charge in [0.2, 0.25) is 5.89 Å². The number of benzene rings is 1. The van der Waals surface area contributed by atoms with Crippen LogP contribution in [-0.4, -0.2) is 29.9 Å². The largest absolute Gasteiger partial charge is 0.497 e. The van der Waals surface area contributed by atoms with Crippen molar-refractivity contribution in [1.29, 1.82) is 5.26 Å². The fraction of sp³-hybridized carbons (Fsp3) is 0.222. The van der Waals surface area contributed by atoms with Crippen LogP contribution in [0.3, 0.4) is 0 Å². The van der Waals surface area contributed by atoms with E-state index in [0.717, 1.165) is 22.6 Å². The van der Waals surface area contributed by atoms with Gasteiger partial charge in [-0.05, 0) is 31.2 Å². The molecule has 2 heterocycles. The second kappa shape index (κ2) is 8.77. The molecule has 0 saturated carbocycles. The number of esters is 1. The van der Waals surface area contributed by atoms with Crippen LogP contribution < -0.4 is 10.5 Å². The fourth-order valence-corrected chi connectivity index (χ4v) is 4.17. The molecule has 0 amide bonds. The maximum atomic E-state index is 12.2. The van der Waals surface area contributed by atoms with Gasteiger partial charge in [0.1, 0.15) is 21.7 Å². The number of aromatic nitrogens is 2. The molecule has 2 aromatic heterocycles. The molecule has 0 atom stereocenters. The number of hydrogen-bond acceptors (Lipinski definition) is 10. The highest BCUT2D eigenvalue weighted by atomic mass is 32.2. The van der Waals surface area contributed by atoms with Gasteiger partial charge in [0.15, 0.2) is 0 Å². The molecule has 0 aliphatic carbocycles. The summed E-state index contributed by atoms with van der Waals surface area (Å²) in [5.74, 6) is 0.861. The van der Waals surface area contributed by atoms with E-state index in [2.05, 4.69) is 10.2 Å². The fourth-order valence-electron chi connectivity index (χ4n) is 2.36. The van der Waals surface area contributed by atoms with Crippen molar-refractivity contribution in [2.24, 2.45) is 0 Å². The smallest absolute Gasteiger partial charge is 0.348 e. The highest BCUT2D eigenvalue weighted by Gasteiger charge is 2.23. The average Bonchev–Trinajstić information content (AvgIpc) is 3.30. The third kappa shape index (κ3) is 4.11. The quantitative estimate of drug-likeness (QED) is 0.453. The Kier molecular flexibility index (Phi) is 6.18. The number of methoxy groups -OCH3 is 1. The van der Waals surface area contributed by atoms with E-state index < -0.39 is 5.97 Å². The van der Waals surface area contributed by atoms with Crippen molar-refractivity contribution in [2.45, 2.75) is 17.9 Å². The minimum atomic E-state index is -0.499. The molecule has 0 aliphatic heterocycles. The van der Waals surface area contributed by atoms with Crippen LogP contribution in [0.5, 0.6) is 5.75 Å². The molecule has 3 aromatic rings. The predicted octanol–water partition coefficient (Wildman–Crippen LogP) is 3.73. The normalized spacial score (nSPS) is 10.5. The molecular formula is C18H16N4O4S2. The molecule has 1 aromatic carbocycles. The van der Waals surface area contributed by atoms with Crippen molar-refractivity contribution in [2.75, 3.05) is 19.5 Å². The number of nitrogens with two attached hydrogens (primary N) is 1. The molecule has 10 heteroatoms. The molecule has 0 unspecified atom stereocenters. The lowest BCUT2D eigenvalue weighted by Crippen LogP contribution is -2.05. The van der Waals surface area contributed by atoms with E-state index in [1.54, 1.807) is 26.2 Å². The second-order valence-electron chi connectivity index (χ2n) is 5.37. The number of nitrogen functional groups attached to an aromatic ring is 1. The van der Waals surface area contributed by atoms with Crippen LogP contribution in [0.15, 0.2) is 33.9 Å². The van der Waals surface area contributed by atoms with E-state index in [9.17, 15) is 10.1 Å². The number of nitrogens with zero attached hydrogens (tertiary/aromatic N) is 3. The van der Waals surface area contributed by atoms with Crippen molar-refractivity contribution in [1.82, 2.24) is 10.2 Å². The summed E-state index contributed by atoms with van der Waals surface area (Å²) >= 11 is 2.26. The summed E-state index contributed by atoms with van der Waals surface area (Å²) in [6, 6.07) is 9.26. The van der Waals surface area contributed by atoms with Crippen molar-refractivity contribution >= 4 is 34.1 Å². The van der Waals surface area contributed by atoms with E-state index in [4.69, 9.17) is 19.6 Å². The lowest BCUT2D eigenvalue weighted by Gasteiger charge is -2.03. The number of hydrogen-bond donors (Lipinski definition) is 1. The molecule has 144 valence electrons. The van der Waals surface area contributed by atoms with Crippen LogP contribution in [-0.2, 0) is 10.5 Å². The molecule has 0 saturated heterocycles. The van der Waals surface area contributed by atoms with Crippen molar-refractivity contribution in [3.63, 3.8) is 0 Å². The van der Waals surface area contributed by atoms with Crippen LogP contribution in [0.1, 0.15) is 27.7 Å². The number of carbonyl (C=O) groups excluding carboxylic acids is 1. The molecule has 3 rings (SSSR count). The summed E-state index contributed by atoms with van der Waals surface area (Å²) in [7, 11) is 1.59. The van der Waals surface area contributed by atoms with E-state index in [-0.39, 0.29) is 22.9 Å². The first-order chi connectivity index (χ1) is 13.6. The summed E-state index contributed by atoms with van der Waals surface area (Å²) in [6.07, 6.45) is 0. The topological polar surface area (TPSA) is 124 Å². The highest BCUT2D eigenvalue weighted by Crippen LogP contribution is 2.36. The Bertz CT molecular complexity index is 1020. The standard InChI is InChI=1S/C18H16N4O4S2/c1-3-25-17(23)14-13(12(8-19)15(20)28-14)9-27-18-22-21-16(26-18)10-4-6-11(24-2)7-5-10/h4-7H,3,9,20H2,1-2H3. The Balaban J connectivity index is 1.78. The van der Waals surface area contributed by atoms with Gasteiger partial charge in [0, 0.05) is 16.9 Å². The summed E-state index contributed by atoms with van der Waals surface area (Å²) in [4.78, 5) is 12.5. The molecule has 2 N–H and O–H groups in total. The SMILES string of the molecule is CCOC(=O)c1sc(N)c(C#N)c1CSc1nnc(-c2ccc(OC)cc2)o1. The van der Waals surface area contributed by atoms with Gasteiger partial charge in [0.05, 0.1) is 19.3 Å². The maximum Gasteiger partial charge on any atom is 0.348 e. The van der Waals surface area contributed by atoms with Crippen LogP contribution in [0.4, 0.5) is 5.00 Å². The van der Waals surface area contributed by atoms with Crippen LogP contribution in [0, 0.1) is 11.3 Å². The number of carbonyl (C=O) groups is 1. The Hall–Kier alpha value is -3.03. The minimum Gasteiger partial charge on any atom is -0.497 e. The zero-order valence-corrected chi connectivity index (χ0v) is 16.7. The van der Waals surface area contributed by atoms with E-state index in [1.807, 2.05) is 18.2 Å². The molecule has 0 aliphatic rings. The number of anilines is 1. The molecule has 0 spiro atoms. The van der Waals surface area contributed by atoms with Gasteiger partial charge >= 0.3 is 5.97 Å². The predicted molar refractivity (Wildman–Crippen MR) is 105 cm³/mol. The van der Waals surface area contributed by atoms with E-state index in [1.165, 1.54) is 11.8 Å². The van der Waals surface area contributed by atoms with Crippen molar-refractivity contribution in [3.8, 4) is 23.3 Å². The number of rotatable bonds is 7. The number of thioether (sulfide) groups is 1.